The number of nitrogens with one attached hydrogen (secondary N) is 1. The first kappa shape index (κ1) is 16.0. The number of halogens is 1. The molecule has 0 bridgehead atoms. The van der Waals surface area contributed by atoms with Crippen molar-refractivity contribution < 1.29 is 4.79 Å². The highest BCUT2D eigenvalue weighted by Gasteiger charge is 2.28. The third kappa shape index (κ3) is 4.12. The summed E-state index contributed by atoms with van der Waals surface area (Å²) in [5.74, 6) is 0.542. The van der Waals surface area contributed by atoms with Crippen LogP contribution in [0.15, 0.2) is 36.8 Å². The Kier molecular flexibility index (Phi) is 4.98. The fourth-order valence-corrected chi connectivity index (χ4v) is 3.30. The Hall–Kier alpha value is -1.85. The molecule has 0 radical (unpaired) electrons. The van der Waals surface area contributed by atoms with Crippen LogP contribution in [0, 0.1) is 5.92 Å². The lowest BCUT2D eigenvalue weighted by Crippen LogP contribution is -2.31. The number of likely N-dealkylation sites (tertiary alicyclic amines) is 1. The van der Waals surface area contributed by atoms with Gasteiger partial charge in [-0.05, 0) is 37.1 Å². The zero-order chi connectivity index (χ0) is 16.2. The molecule has 0 unspecified atom stereocenters. The summed E-state index contributed by atoms with van der Waals surface area (Å²) in [5.41, 5.74) is 1.78. The maximum atomic E-state index is 12.4. The molecular formula is C17H21ClN4O. The molecule has 3 rings (SSSR count). The van der Waals surface area contributed by atoms with Crippen molar-refractivity contribution in [3.05, 3.63) is 53.1 Å². The molecule has 0 spiro atoms. The van der Waals surface area contributed by atoms with Crippen LogP contribution in [0.1, 0.15) is 22.5 Å². The van der Waals surface area contributed by atoms with Gasteiger partial charge in [0.15, 0.2) is 0 Å². The fraction of sp³-hybridized carbons (Fsp3) is 0.412. The lowest BCUT2D eigenvalue weighted by Gasteiger charge is -2.21. The van der Waals surface area contributed by atoms with E-state index in [0.29, 0.717) is 16.6 Å². The minimum atomic E-state index is 0.0364. The molecule has 0 aliphatic carbocycles. The van der Waals surface area contributed by atoms with Gasteiger partial charge in [0.25, 0.3) is 5.91 Å². The second-order valence-corrected chi connectivity index (χ2v) is 6.63. The predicted molar refractivity (Wildman–Crippen MR) is 90.4 cm³/mol. The van der Waals surface area contributed by atoms with Crippen LogP contribution >= 0.6 is 11.6 Å². The Morgan fingerprint density at radius 2 is 2.43 bits per heavy atom. The number of aromatic amines is 1. The first-order valence-corrected chi connectivity index (χ1v) is 8.20. The van der Waals surface area contributed by atoms with Gasteiger partial charge < -0.3 is 14.8 Å². The zero-order valence-corrected chi connectivity index (χ0v) is 14.0. The number of hydrogen-bond donors (Lipinski definition) is 1. The molecule has 1 aliphatic rings. The van der Waals surface area contributed by atoms with E-state index < -0.39 is 0 Å². The maximum absolute atomic E-state index is 12.4. The Bertz CT molecular complexity index is 658. The molecular weight excluding hydrogens is 312 g/mol. The summed E-state index contributed by atoms with van der Waals surface area (Å²) in [4.78, 5) is 23.7. The molecule has 1 N–H and O–H groups in total. The van der Waals surface area contributed by atoms with Crippen molar-refractivity contribution in [3.8, 4) is 0 Å². The van der Waals surface area contributed by atoms with Crippen LogP contribution in [-0.2, 0) is 6.54 Å². The molecule has 6 heteroatoms. The SMILES string of the molecule is CN(Cc1cccnc1)C[C@@H]1CCN(C(=O)c2cc(Cl)c[nH]2)C1. The monoisotopic (exact) mass is 332 g/mol. The second kappa shape index (κ2) is 7.15. The minimum absolute atomic E-state index is 0.0364. The lowest BCUT2D eigenvalue weighted by atomic mass is 10.1. The van der Waals surface area contributed by atoms with Crippen molar-refractivity contribution in [2.45, 2.75) is 13.0 Å². The Balaban J connectivity index is 1.50. The van der Waals surface area contributed by atoms with E-state index in [1.807, 2.05) is 17.2 Å². The summed E-state index contributed by atoms with van der Waals surface area (Å²) in [6.07, 6.45) is 6.37. The number of carbonyl (C=O) groups excluding carboxylic acids is 1. The number of rotatable bonds is 5. The summed E-state index contributed by atoms with van der Waals surface area (Å²) in [6.45, 7) is 3.46. The van der Waals surface area contributed by atoms with Gasteiger partial charge in [0.05, 0.1) is 5.02 Å². The van der Waals surface area contributed by atoms with Crippen LogP contribution in [0.25, 0.3) is 0 Å². The predicted octanol–water partition coefficient (Wildman–Crippen LogP) is 2.66. The van der Waals surface area contributed by atoms with E-state index in [4.69, 9.17) is 11.6 Å². The number of hydrogen-bond acceptors (Lipinski definition) is 3. The van der Waals surface area contributed by atoms with E-state index in [1.54, 1.807) is 18.5 Å². The van der Waals surface area contributed by atoms with Crippen LogP contribution in [0.4, 0.5) is 0 Å². The van der Waals surface area contributed by atoms with Crippen molar-refractivity contribution >= 4 is 17.5 Å². The van der Waals surface area contributed by atoms with Crippen LogP contribution in [0.3, 0.4) is 0 Å². The molecule has 1 fully saturated rings. The standard InChI is InChI=1S/C17H21ClN4O/c1-21(10-13-3-2-5-19-8-13)11-14-4-6-22(12-14)17(23)16-7-15(18)9-20-16/h2-3,5,7-9,14,20H,4,6,10-12H2,1H3/t14-/m0/s1. The van der Waals surface area contributed by atoms with Crippen molar-refractivity contribution in [1.82, 2.24) is 19.8 Å². The van der Waals surface area contributed by atoms with E-state index >= 15 is 0 Å². The quantitative estimate of drug-likeness (QED) is 0.915. The van der Waals surface area contributed by atoms with Crippen LogP contribution < -0.4 is 0 Å². The van der Waals surface area contributed by atoms with E-state index in [2.05, 4.69) is 28.0 Å². The van der Waals surface area contributed by atoms with Crippen molar-refractivity contribution in [3.63, 3.8) is 0 Å². The van der Waals surface area contributed by atoms with Gasteiger partial charge in [-0.15, -0.1) is 0 Å². The van der Waals surface area contributed by atoms with Gasteiger partial charge >= 0.3 is 0 Å². The smallest absolute Gasteiger partial charge is 0.270 e. The normalized spacial score (nSPS) is 17.9. The highest BCUT2D eigenvalue weighted by molar-refractivity contribution is 6.30. The number of nitrogens with zero attached hydrogens (tertiary/aromatic N) is 3. The van der Waals surface area contributed by atoms with E-state index in [0.717, 1.165) is 32.6 Å². The van der Waals surface area contributed by atoms with E-state index in [9.17, 15) is 4.79 Å². The molecule has 3 heterocycles. The van der Waals surface area contributed by atoms with Gasteiger partial charge in [-0.1, -0.05) is 17.7 Å². The Morgan fingerprint density at radius 3 is 3.13 bits per heavy atom. The third-order valence-corrected chi connectivity index (χ3v) is 4.41. The number of amides is 1. The molecule has 0 saturated carbocycles. The lowest BCUT2D eigenvalue weighted by molar-refractivity contribution is 0.0779. The molecule has 1 atom stereocenters. The molecule has 2 aromatic heterocycles. The van der Waals surface area contributed by atoms with Gasteiger partial charge in [-0.3, -0.25) is 9.78 Å². The average Bonchev–Trinajstić information content (AvgIpc) is 3.17. The number of H-pyrrole nitrogens is 1. The summed E-state index contributed by atoms with van der Waals surface area (Å²) in [6, 6.07) is 5.73. The van der Waals surface area contributed by atoms with Crippen LogP contribution in [0.2, 0.25) is 5.02 Å². The molecule has 1 amide bonds. The van der Waals surface area contributed by atoms with Crippen molar-refractivity contribution in [2.75, 3.05) is 26.7 Å². The number of carbonyl (C=O) groups is 1. The maximum Gasteiger partial charge on any atom is 0.270 e. The molecule has 1 aliphatic heterocycles. The molecule has 1 saturated heterocycles. The average molecular weight is 333 g/mol. The minimum Gasteiger partial charge on any atom is -0.356 e. The summed E-state index contributed by atoms with van der Waals surface area (Å²) in [5, 5.41) is 0.570. The third-order valence-electron chi connectivity index (χ3n) is 4.20. The fourth-order valence-electron chi connectivity index (χ4n) is 3.14. The number of pyridine rings is 1. The second-order valence-electron chi connectivity index (χ2n) is 6.20. The van der Waals surface area contributed by atoms with Crippen LogP contribution in [-0.4, -0.2) is 52.4 Å². The van der Waals surface area contributed by atoms with Gasteiger partial charge in [0.2, 0.25) is 0 Å². The van der Waals surface area contributed by atoms with Gasteiger partial charge in [0, 0.05) is 44.8 Å². The van der Waals surface area contributed by atoms with Gasteiger partial charge in [0.1, 0.15) is 5.69 Å². The van der Waals surface area contributed by atoms with Gasteiger partial charge in [-0.2, -0.15) is 0 Å². The summed E-state index contributed by atoms with van der Waals surface area (Å²) >= 11 is 5.87. The highest BCUT2D eigenvalue weighted by Crippen LogP contribution is 2.21. The van der Waals surface area contributed by atoms with Gasteiger partial charge in [-0.25, -0.2) is 0 Å². The Morgan fingerprint density at radius 1 is 1.57 bits per heavy atom. The zero-order valence-electron chi connectivity index (χ0n) is 13.2. The largest absolute Gasteiger partial charge is 0.356 e. The van der Waals surface area contributed by atoms with E-state index in [1.165, 1.54) is 5.56 Å². The molecule has 122 valence electrons. The Labute approximate surface area is 141 Å². The summed E-state index contributed by atoms with van der Waals surface area (Å²) < 4.78 is 0. The van der Waals surface area contributed by atoms with E-state index in [-0.39, 0.29) is 5.91 Å². The van der Waals surface area contributed by atoms with Crippen LogP contribution in [0.5, 0.6) is 0 Å². The molecule has 2 aromatic rings. The first-order valence-electron chi connectivity index (χ1n) is 7.82. The van der Waals surface area contributed by atoms with Crippen molar-refractivity contribution in [2.24, 2.45) is 5.92 Å². The molecule has 23 heavy (non-hydrogen) atoms. The number of aromatic nitrogens is 2. The first-order chi connectivity index (χ1) is 11.1. The topological polar surface area (TPSA) is 52.2 Å². The molecule has 5 nitrogen and oxygen atoms in total. The highest BCUT2D eigenvalue weighted by atomic mass is 35.5. The summed E-state index contributed by atoms with van der Waals surface area (Å²) in [7, 11) is 2.11. The molecule has 0 aromatic carbocycles. The van der Waals surface area contributed by atoms with Crippen molar-refractivity contribution in [1.29, 1.82) is 0 Å².